The third-order valence-electron chi connectivity index (χ3n) is 13.2. The van der Waals surface area contributed by atoms with Crippen molar-refractivity contribution < 1.29 is 0 Å². The monoisotopic (exact) mass is 711 g/mol. The first-order chi connectivity index (χ1) is 27.0. The van der Waals surface area contributed by atoms with Gasteiger partial charge < -0.3 is 4.90 Å². The minimum absolute atomic E-state index is 0.0600. The summed E-state index contributed by atoms with van der Waals surface area (Å²) in [7, 11) is 0. The van der Waals surface area contributed by atoms with Gasteiger partial charge in [0.2, 0.25) is 0 Å². The van der Waals surface area contributed by atoms with Crippen LogP contribution in [0, 0.1) is 5.92 Å². The number of hydrogen-bond acceptors (Lipinski definition) is 1. The molecular weight excluding hydrogens is 663 g/mol. The van der Waals surface area contributed by atoms with Gasteiger partial charge in [-0.05, 0) is 104 Å². The molecule has 0 N–H and O–H groups in total. The minimum atomic E-state index is -0.0600. The highest BCUT2D eigenvalue weighted by molar-refractivity contribution is 6.03. The molecule has 0 saturated heterocycles. The van der Waals surface area contributed by atoms with Gasteiger partial charge in [0.05, 0.1) is 5.69 Å². The van der Waals surface area contributed by atoms with E-state index in [1.165, 1.54) is 115 Å². The standard InChI is InChI=1S/C54H49N/c1-36-33-42(35-50-52(36)48-27-9-11-31-49(48)54(50,2)3)55(41-24-13-23-40(34-41)44-28-14-20-37-19-7-8-25-43(37)44)51-32-12-10-26-46(51)47-30-16-22-39-21-15-29-45(53(39)47)38-17-5-4-6-18-38/h7-16,19-36,38,52H,4-6,17-18H2,1-3H3. The molecule has 270 valence electrons. The van der Waals surface area contributed by atoms with Crippen LogP contribution in [0.4, 0.5) is 11.4 Å². The Balaban J connectivity index is 1.20. The molecule has 1 saturated carbocycles. The van der Waals surface area contributed by atoms with Crippen LogP contribution in [0.15, 0.2) is 175 Å². The predicted molar refractivity (Wildman–Crippen MR) is 234 cm³/mol. The summed E-state index contributed by atoms with van der Waals surface area (Å²) in [6, 6.07) is 57.0. The SMILES string of the molecule is CC1C=C(N(c2cccc(-c3cccc4ccccc34)c2)c2ccccc2-c2cccc3cccc(C4CCCCC4)c23)C=C2C1c1ccccc1C2(C)C. The molecule has 0 bridgehead atoms. The molecule has 10 rings (SSSR count). The molecule has 2 unspecified atom stereocenters. The maximum absolute atomic E-state index is 2.57. The summed E-state index contributed by atoms with van der Waals surface area (Å²) in [5.41, 5.74) is 14.6. The minimum Gasteiger partial charge on any atom is -0.310 e. The molecule has 0 spiro atoms. The molecule has 0 aromatic heterocycles. The first kappa shape index (κ1) is 33.9. The molecule has 3 aliphatic rings. The quantitative estimate of drug-likeness (QED) is 0.166. The number of rotatable bonds is 6. The molecule has 1 fully saturated rings. The van der Waals surface area contributed by atoms with Crippen LogP contribution in [-0.2, 0) is 5.41 Å². The lowest BCUT2D eigenvalue weighted by atomic mass is 9.75. The lowest BCUT2D eigenvalue weighted by Gasteiger charge is -2.36. The first-order valence-electron chi connectivity index (χ1n) is 20.5. The van der Waals surface area contributed by atoms with E-state index in [1.54, 1.807) is 0 Å². The molecular formula is C54H49N. The zero-order valence-corrected chi connectivity index (χ0v) is 32.3. The maximum Gasteiger partial charge on any atom is 0.0540 e. The van der Waals surface area contributed by atoms with Gasteiger partial charge in [-0.3, -0.25) is 0 Å². The molecule has 0 heterocycles. The lowest BCUT2D eigenvalue weighted by Crippen LogP contribution is -2.25. The molecule has 3 aliphatic carbocycles. The molecule has 1 nitrogen and oxygen atoms in total. The number of para-hydroxylation sites is 1. The second-order valence-electron chi connectivity index (χ2n) is 16.8. The van der Waals surface area contributed by atoms with Crippen LogP contribution in [0.5, 0.6) is 0 Å². The van der Waals surface area contributed by atoms with Crippen molar-refractivity contribution in [3.8, 4) is 22.3 Å². The number of anilines is 2. The topological polar surface area (TPSA) is 3.24 Å². The van der Waals surface area contributed by atoms with E-state index in [0.717, 1.165) is 0 Å². The molecule has 0 amide bonds. The number of nitrogens with zero attached hydrogens (tertiary/aromatic N) is 1. The van der Waals surface area contributed by atoms with E-state index in [-0.39, 0.29) is 5.41 Å². The highest BCUT2D eigenvalue weighted by Crippen LogP contribution is 2.56. The number of allylic oxidation sites excluding steroid dienone is 3. The fraction of sp³-hybridized carbons (Fsp3) is 0.222. The Morgan fingerprint density at radius 1 is 0.582 bits per heavy atom. The van der Waals surface area contributed by atoms with E-state index < -0.39 is 0 Å². The average molecular weight is 712 g/mol. The van der Waals surface area contributed by atoms with Crippen LogP contribution in [0.3, 0.4) is 0 Å². The van der Waals surface area contributed by atoms with Crippen molar-refractivity contribution in [2.24, 2.45) is 5.92 Å². The highest BCUT2D eigenvalue weighted by Gasteiger charge is 2.45. The van der Waals surface area contributed by atoms with Gasteiger partial charge in [0.1, 0.15) is 0 Å². The van der Waals surface area contributed by atoms with Gasteiger partial charge in [-0.25, -0.2) is 0 Å². The second kappa shape index (κ2) is 13.6. The van der Waals surface area contributed by atoms with Gasteiger partial charge >= 0.3 is 0 Å². The zero-order chi connectivity index (χ0) is 37.1. The van der Waals surface area contributed by atoms with Gasteiger partial charge in [-0.2, -0.15) is 0 Å². The summed E-state index contributed by atoms with van der Waals surface area (Å²) >= 11 is 0. The van der Waals surface area contributed by atoms with Crippen molar-refractivity contribution in [1.29, 1.82) is 0 Å². The smallest absolute Gasteiger partial charge is 0.0540 e. The second-order valence-corrected chi connectivity index (χ2v) is 16.8. The molecule has 0 aliphatic heterocycles. The van der Waals surface area contributed by atoms with Crippen LogP contribution >= 0.6 is 0 Å². The Kier molecular flexibility index (Phi) is 8.36. The fourth-order valence-electron chi connectivity index (χ4n) is 10.6. The van der Waals surface area contributed by atoms with Crippen LogP contribution < -0.4 is 4.90 Å². The Labute approximate surface area is 326 Å². The van der Waals surface area contributed by atoms with Crippen molar-refractivity contribution in [2.75, 3.05) is 4.90 Å². The van der Waals surface area contributed by atoms with E-state index in [2.05, 4.69) is 189 Å². The van der Waals surface area contributed by atoms with Crippen molar-refractivity contribution in [3.63, 3.8) is 0 Å². The van der Waals surface area contributed by atoms with Gasteiger partial charge in [-0.1, -0.05) is 185 Å². The van der Waals surface area contributed by atoms with Gasteiger partial charge in [-0.15, -0.1) is 0 Å². The first-order valence-corrected chi connectivity index (χ1v) is 20.5. The summed E-state index contributed by atoms with van der Waals surface area (Å²) in [6.07, 6.45) is 11.6. The van der Waals surface area contributed by atoms with Crippen molar-refractivity contribution >= 4 is 32.9 Å². The average Bonchev–Trinajstić information content (AvgIpc) is 3.47. The van der Waals surface area contributed by atoms with Crippen LogP contribution in [0.25, 0.3) is 43.8 Å². The van der Waals surface area contributed by atoms with E-state index in [0.29, 0.717) is 17.8 Å². The number of hydrogen-bond donors (Lipinski definition) is 0. The Hall–Kier alpha value is -5.66. The zero-order valence-electron chi connectivity index (χ0n) is 32.3. The lowest BCUT2D eigenvalue weighted by molar-refractivity contribution is 0.445. The summed E-state index contributed by atoms with van der Waals surface area (Å²) < 4.78 is 0. The Morgan fingerprint density at radius 2 is 1.24 bits per heavy atom. The van der Waals surface area contributed by atoms with Crippen molar-refractivity contribution in [3.05, 3.63) is 192 Å². The molecule has 7 aromatic rings. The maximum atomic E-state index is 2.57. The van der Waals surface area contributed by atoms with Gasteiger partial charge in [0, 0.05) is 28.3 Å². The Morgan fingerprint density at radius 3 is 2.11 bits per heavy atom. The van der Waals surface area contributed by atoms with Crippen LogP contribution in [-0.4, -0.2) is 0 Å². The van der Waals surface area contributed by atoms with E-state index in [9.17, 15) is 0 Å². The normalized spacial score (nSPS) is 19.1. The summed E-state index contributed by atoms with van der Waals surface area (Å²) in [4.78, 5) is 2.57. The van der Waals surface area contributed by atoms with Crippen LogP contribution in [0.2, 0.25) is 0 Å². The largest absolute Gasteiger partial charge is 0.310 e. The molecule has 1 heteroatoms. The van der Waals surface area contributed by atoms with Gasteiger partial charge in [0.15, 0.2) is 0 Å². The number of benzene rings is 7. The van der Waals surface area contributed by atoms with Crippen molar-refractivity contribution in [2.45, 2.75) is 70.1 Å². The third kappa shape index (κ3) is 5.67. The van der Waals surface area contributed by atoms with E-state index in [4.69, 9.17) is 0 Å². The van der Waals surface area contributed by atoms with E-state index in [1.807, 2.05) is 0 Å². The molecule has 2 atom stereocenters. The molecule has 0 radical (unpaired) electrons. The Bertz CT molecular complexity index is 2640. The molecule has 7 aromatic carbocycles. The third-order valence-corrected chi connectivity index (χ3v) is 13.2. The van der Waals surface area contributed by atoms with Crippen molar-refractivity contribution in [1.82, 2.24) is 0 Å². The van der Waals surface area contributed by atoms with Gasteiger partial charge in [0.25, 0.3) is 0 Å². The van der Waals surface area contributed by atoms with Crippen LogP contribution in [0.1, 0.15) is 81.4 Å². The summed E-state index contributed by atoms with van der Waals surface area (Å²) in [5.74, 6) is 1.32. The summed E-state index contributed by atoms with van der Waals surface area (Å²) in [6.45, 7) is 7.28. The molecule has 55 heavy (non-hydrogen) atoms. The highest BCUT2D eigenvalue weighted by atomic mass is 15.2. The summed E-state index contributed by atoms with van der Waals surface area (Å²) in [5, 5.41) is 5.30. The predicted octanol–water partition coefficient (Wildman–Crippen LogP) is 15.0. The fourth-order valence-corrected chi connectivity index (χ4v) is 10.6. The van der Waals surface area contributed by atoms with E-state index >= 15 is 0 Å². The number of fused-ring (bicyclic) bond motifs is 5.